The summed E-state index contributed by atoms with van der Waals surface area (Å²) in [5.74, 6) is 0.806. The minimum Gasteiger partial charge on any atom is -0.379 e. The van der Waals surface area contributed by atoms with E-state index in [0.29, 0.717) is 31.8 Å². The number of nitrogens with zero attached hydrogens (tertiary/aromatic N) is 3. The fraction of sp³-hybridized carbons (Fsp3) is 0.458. The predicted octanol–water partition coefficient (Wildman–Crippen LogP) is 3.84. The maximum atomic E-state index is 13.2. The molecule has 0 amide bonds. The fourth-order valence-corrected chi connectivity index (χ4v) is 6.91. The maximum absolute atomic E-state index is 13.2. The van der Waals surface area contributed by atoms with Crippen LogP contribution < -0.4 is 0 Å². The van der Waals surface area contributed by atoms with Crippen molar-refractivity contribution in [2.75, 3.05) is 32.9 Å². The van der Waals surface area contributed by atoms with E-state index in [2.05, 4.69) is 29.7 Å². The summed E-state index contributed by atoms with van der Waals surface area (Å²) in [7, 11) is -3.57. The second-order valence-corrected chi connectivity index (χ2v) is 11.4. The summed E-state index contributed by atoms with van der Waals surface area (Å²) >= 11 is 1.68. The van der Waals surface area contributed by atoms with Crippen LogP contribution in [-0.4, -0.2) is 61.3 Å². The molecule has 7 nitrogen and oxygen atoms in total. The van der Waals surface area contributed by atoms with E-state index in [9.17, 15) is 8.42 Å². The number of aromatic nitrogens is 2. The fourth-order valence-electron chi connectivity index (χ4n) is 4.38. The smallest absolute Gasteiger partial charge is 0.243 e. The molecule has 0 N–H and O–H groups in total. The highest BCUT2D eigenvalue weighted by molar-refractivity contribution is 7.98. The summed E-state index contributed by atoms with van der Waals surface area (Å²) in [5.41, 5.74) is 4.17. The van der Waals surface area contributed by atoms with Crippen LogP contribution in [0, 0.1) is 6.92 Å². The third-order valence-electron chi connectivity index (χ3n) is 6.32. The Bertz CT molecular complexity index is 1230. The number of aryl methyl sites for hydroxylation is 1. The number of rotatable bonds is 7. The van der Waals surface area contributed by atoms with Gasteiger partial charge in [0.1, 0.15) is 0 Å². The van der Waals surface area contributed by atoms with E-state index in [1.54, 1.807) is 23.9 Å². The van der Waals surface area contributed by atoms with Gasteiger partial charge >= 0.3 is 0 Å². The topological polar surface area (TPSA) is 73.7 Å². The Labute approximate surface area is 199 Å². The van der Waals surface area contributed by atoms with Crippen LogP contribution in [-0.2, 0) is 31.8 Å². The normalized spacial score (nSPS) is 20.0. The first kappa shape index (κ1) is 22.9. The van der Waals surface area contributed by atoms with Gasteiger partial charge in [-0.2, -0.15) is 4.31 Å². The number of hydrogen-bond acceptors (Lipinski definition) is 6. The standard InChI is InChI=1S/C24H29N3O4S2/c1-18-5-2-3-6-19(18)17-32-24-25-22-15-21(33(28,29)26-10-13-30-14-11-26)8-9-23(22)27(24)16-20-7-4-12-31-20/h2-3,5-6,8-9,15,20H,4,7,10-14,16-17H2,1H3/t20-/m0/s1. The van der Waals surface area contributed by atoms with Crippen LogP contribution in [0.15, 0.2) is 52.5 Å². The van der Waals surface area contributed by atoms with Crippen LogP contribution in [0.1, 0.15) is 24.0 Å². The highest BCUT2D eigenvalue weighted by atomic mass is 32.2. The van der Waals surface area contributed by atoms with Gasteiger partial charge in [0.2, 0.25) is 10.0 Å². The maximum Gasteiger partial charge on any atom is 0.243 e. The number of imidazole rings is 1. The summed E-state index contributed by atoms with van der Waals surface area (Å²) in [6.07, 6.45) is 2.27. The van der Waals surface area contributed by atoms with E-state index >= 15 is 0 Å². The molecule has 3 heterocycles. The summed E-state index contributed by atoms with van der Waals surface area (Å²) in [6.45, 7) is 5.26. The van der Waals surface area contributed by atoms with Crippen molar-refractivity contribution in [1.29, 1.82) is 0 Å². The van der Waals surface area contributed by atoms with Crippen molar-refractivity contribution in [3.63, 3.8) is 0 Å². The molecular weight excluding hydrogens is 458 g/mol. The van der Waals surface area contributed by atoms with Crippen molar-refractivity contribution >= 4 is 32.8 Å². The lowest BCUT2D eigenvalue weighted by molar-refractivity contribution is 0.0730. The second-order valence-electron chi connectivity index (χ2n) is 8.52. The monoisotopic (exact) mass is 487 g/mol. The number of benzene rings is 2. The number of morpholine rings is 1. The molecule has 0 aliphatic carbocycles. The number of hydrogen-bond donors (Lipinski definition) is 0. The molecule has 9 heteroatoms. The second kappa shape index (κ2) is 9.76. The quantitative estimate of drug-likeness (QED) is 0.472. The number of thioether (sulfide) groups is 1. The van der Waals surface area contributed by atoms with Crippen molar-refractivity contribution in [1.82, 2.24) is 13.9 Å². The molecule has 1 atom stereocenters. The Morgan fingerprint density at radius 3 is 2.70 bits per heavy atom. The third-order valence-corrected chi connectivity index (χ3v) is 9.24. The highest BCUT2D eigenvalue weighted by Crippen LogP contribution is 2.31. The van der Waals surface area contributed by atoms with Crippen LogP contribution in [0.5, 0.6) is 0 Å². The molecule has 0 saturated carbocycles. The zero-order valence-corrected chi connectivity index (χ0v) is 20.4. The van der Waals surface area contributed by atoms with Gasteiger partial charge in [-0.3, -0.25) is 0 Å². The van der Waals surface area contributed by atoms with E-state index in [4.69, 9.17) is 14.5 Å². The summed E-state index contributed by atoms with van der Waals surface area (Å²) in [6, 6.07) is 13.7. The van der Waals surface area contributed by atoms with Crippen molar-refractivity contribution in [2.45, 2.75) is 48.2 Å². The number of ether oxygens (including phenoxy) is 2. The average molecular weight is 488 g/mol. The molecule has 0 spiro atoms. The summed E-state index contributed by atoms with van der Waals surface area (Å²) < 4.78 is 41.2. The van der Waals surface area contributed by atoms with Gasteiger partial charge in [-0.1, -0.05) is 36.0 Å². The van der Waals surface area contributed by atoms with Crippen molar-refractivity contribution in [3.05, 3.63) is 53.6 Å². The molecule has 2 fully saturated rings. The third kappa shape index (κ3) is 4.83. The largest absolute Gasteiger partial charge is 0.379 e. The van der Waals surface area contributed by atoms with Gasteiger partial charge in [0, 0.05) is 25.4 Å². The van der Waals surface area contributed by atoms with Gasteiger partial charge in [0.25, 0.3) is 0 Å². The first-order valence-corrected chi connectivity index (χ1v) is 13.8. The molecular formula is C24H29N3O4S2. The van der Waals surface area contributed by atoms with Crippen LogP contribution in [0.4, 0.5) is 0 Å². The summed E-state index contributed by atoms with van der Waals surface area (Å²) in [4.78, 5) is 5.17. The van der Waals surface area contributed by atoms with Gasteiger partial charge in [-0.05, 0) is 49.1 Å². The van der Waals surface area contributed by atoms with E-state index < -0.39 is 10.0 Å². The SMILES string of the molecule is Cc1ccccc1CSc1nc2cc(S(=O)(=O)N3CCOCC3)ccc2n1C[C@@H]1CCCO1. The molecule has 3 aromatic rings. The lowest BCUT2D eigenvalue weighted by Gasteiger charge is -2.26. The van der Waals surface area contributed by atoms with E-state index in [1.807, 2.05) is 12.1 Å². The minimum absolute atomic E-state index is 0.164. The Morgan fingerprint density at radius 1 is 1.12 bits per heavy atom. The van der Waals surface area contributed by atoms with Crippen LogP contribution in [0.3, 0.4) is 0 Å². The minimum atomic E-state index is -3.57. The van der Waals surface area contributed by atoms with Gasteiger partial charge in [0.15, 0.2) is 5.16 Å². The van der Waals surface area contributed by atoms with Gasteiger partial charge in [0.05, 0.1) is 41.8 Å². The first-order valence-electron chi connectivity index (χ1n) is 11.4. The molecule has 176 valence electrons. The molecule has 5 rings (SSSR count). The lowest BCUT2D eigenvalue weighted by Crippen LogP contribution is -2.40. The molecule has 1 aromatic heterocycles. The lowest BCUT2D eigenvalue weighted by atomic mass is 10.1. The van der Waals surface area contributed by atoms with E-state index in [1.165, 1.54) is 15.4 Å². The average Bonchev–Trinajstić information content (AvgIpc) is 3.47. The molecule has 0 radical (unpaired) electrons. The molecule has 0 unspecified atom stereocenters. The van der Waals surface area contributed by atoms with Crippen LogP contribution in [0.25, 0.3) is 11.0 Å². The molecule has 0 bridgehead atoms. The zero-order chi connectivity index (χ0) is 22.8. The van der Waals surface area contributed by atoms with E-state index in [-0.39, 0.29) is 11.0 Å². The molecule has 2 saturated heterocycles. The molecule has 2 aliphatic heterocycles. The number of sulfonamides is 1. The van der Waals surface area contributed by atoms with Crippen LogP contribution in [0.2, 0.25) is 0 Å². The van der Waals surface area contributed by atoms with Crippen molar-refractivity contribution in [3.8, 4) is 0 Å². The molecule has 33 heavy (non-hydrogen) atoms. The zero-order valence-electron chi connectivity index (χ0n) is 18.8. The van der Waals surface area contributed by atoms with Gasteiger partial charge < -0.3 is 14.0 Å². The van der Waals surface area contributed by atoms with Gasteiger partial charge in [-0.15, -0.1) is 0 Å². The van der Waals surface area contributed by atoms with Gasteiger partial charge in [-0.25, -0.2) is 13.4 Å². The summed E-state index contributed by atoms with van der Waals surface area (Å²) in [5, 5.41) is 0.893. The van der Waals surface area contributed by atoms with E-state index in [0.717, 1.165) is 42.4 Å². The van der Waals surface area contributed by atoms with Crippen molar-refractivity contribution in [2.24, 2.45) is 0 Å². The first-order chi connectivity index (χ1) is 16.0. The Balaban J connectivity index is 1.48. The Kier molecular flexibility index (Phi) is 6.76. The molecule has 2 aliphatic rings. The van der Waals surface area contributed by atoms with Crippen LogP contribution >= 0.6 is 11.8 Å². The number of fused-ring (bicyclic) bond motifs is 1. The Hall–Kier alpha value is -1.91. The van der Waals surface area contributed by atoms with Crippen molar-refractivity contribution < 1.29 is 17.9 Å². The molecule has 2 aromatic carbocycles. The highest BCUT2D eigenvalue weighted by Gasteiger charge is 2.27. The Morgan fingerprint density at radius 2 is 1.94 bits per heavy atom. The predicted molar refractivity (Wildman–Crippen MR) is 129 cm³/mol.